The lowest BCUT2D eigenvalue weighted by molar-refractivity contribution is -0.134. The van der Waals surface area contributed by atoms with Crippen LogP contribution >= 0.6 is 0 Å². The van der Waals surface area contributed by atoms with Crippen LogP contribution in [0, 0.1) is 17.3 Å². The molecule has 0 spiro atoms. The van der Waals surface area contributed by atoms with Crippen molar-refractivity contribution in [3.8, 4) is 5.75 Å². The van der Waals surface area contributed by atoms with E-state index in [1.807, 2.05) is 18.2 Å². The van der Waals surface area contributed by atoms with E-state index in [1.165, 1.54) is 6.42 Å². The molecule has 1 aliphatic carbocycles. The Morgan fingerprint density at radius 1 is 1.29 bits per heavy atom. The second-order valence-corrected chi connectivity index (χ2v) is 8.02. The molecular weight excluding hydrogens is 300 g/mol. The van der Waals surface area contributed by atoms with Crippen molar-refractivity contribution in [1.29, 1.82) is 0 Å². The summed E-state index contributed by atoms with van der Waals surface area (Å²) < 4.78 is 5.31. The molecule has 0 heterocycles. The number of carbonyl (C=O) groups is 1. The van der Waals surface area contributed by atoms with Gasteiger partial charge in [-0.05, 0) is 61.5 Å². The number of ether oxygens (including phenoxy) is 1. The molecule has 1 fully saturated rings. The zero-order valence-corrected chi connectivity index (χ0v) is 15.3. The summed E-state index contributed by atoms with van der Waals surface area (Å²) in [6.07, 6.45) is 6.42. The van der Waals surface area contributed by atoms with Crippen LogP contribution in [0.15, 0.2) is 30.3 Å². The van der Waals surface area contributed by atoms with Crippen LogP contribution < -0.4 is 4.74 Å². The minimum Gasteiger partial charge on any atom is -0.427 e. The molecule has 3 atom stereocenters. The number of hydrogen-bond acceptors (Lipinski definition) is 3. The van der Waals surface area contributed by atoms with Crippen LogP contribution in [-0.4, -0.2) is 17.2 Å². The highest BCUT2D eigenvalue weighted by atomic mass is 16.5. The smallest absolute Gasteiger partial charge is 0.311 e. The van der Waals surface area contributed by atoms with Crippen LogP contribution in [0.1, 0.15) is 65.7 Å². The van der Waals surface area contributed by atoms with Crippen molar-refractivity contribution >= 4 is 5.97 Å². The first-order valence-corrected chi connectivity index (χ1v) is 9.33. The highest BCUT2D eigenvalue weighted by molar-refractivity contribution is 5.72. The number of aliphatic hydroxyl groups excluding tert-OH is 1. The molecule has 1 aliphatic rings. The van der Waals surface area contributed by atoms with Gasteiger partial charge in [0.05, 0.1) is 6.10 Å². The van der Waals surface area contributed by atoms with Gasteiger partial charge >= 0.3 is 5.97 Å². The maximum absolute atomic E-state index is 11.9. The van der Waals surface area contributed by atoms with Crippen LogP contribution in [0.3, 0.4) is 0 Å². The van der Waals surface area contributed by atoms with Crippen molar-refractivity contribution < 1.29 is 14.6 Å². The third kappa shape index (κ3) is 5.62. The fourth-order valence-electron chi connectivity index (χ4n) is 3.96. The van der Waals surface area contributed by atoms with Crippen molar-refractivity contribution in [3.63, 3.8) is 0 Å². The second-order valence-electron chi connectivity index (χ2n) is 8.02. The molecule has 1 N–H and O–H groups in total. The molecule has 0 bridgehead atoms. The lowest BCUT2D eigenvalue weighted by Crippen LogP contribution is -2.37. The molecule has 1 aromatic carbocycles. The Labute approximate surface area is 146 Å². The number of benzene rings is 1. The van der Waals surface area contributed by atoms with Gasteiger partial charge in [0.15, 0.2) is 0 Å². The predicted octanol–water partition coefficient (Wildman–Crippen LogP) is 4.98. The Balaban J connectivity index is 1.67. The number of carbonyl (C=O) groups excluding carboxylic acids is 1. The average molecular weight is 332 g/mol. The molecular formula is C21H32O3. The van der Waals surface area contributed by atoms with Crippen molar-refractivity contribution in [1.82, 2.24) is 0 Å². The zero-order valence-electron chi connectivity index (χ0n) is 15.3. The van der Waals surface area contributed by atoms with Crippen LogP contribution in [0.5, 0.6) is 5.75 Å². The molecule has 0 unspecified atom stereocenters. The second kappa shape index (κ2) is 8.66. The van der Waals surface area contributed by atoms with Gasteiger partial charge in [0.25, 0.3) is 0 Å². The van der Waals surface area contributed by atoms with Crippen molar-refractivity contribution in [3.05, 3.63) is 30.3 Å². The Morgan fingerprint density at radius 2 is 2.00 bits per heavy atom. The van der Waals surface area contributed by atoms with Crippen molar-refractivity contribution in [2.45, 2.75) is 71.8 Å². The molecule has 134 valence electrons. The first-order chi connectivity index (χ1) is 11.4. The number of aliphatic hydroxyl groups is 1. The van der Waals surface area contributed by atoms with Crippen LogP contribution in [0.25, 0.3) is 0 Å². The Hall–Kier alpha value is -1.35. The van der Waals surface area contributed by atoms with E-state index in [4.69, 9.17) is 4.74 Å². The van der Waals surface area contributed by atoms with E-state index < -0.39 is 0 Å². The topological polar surface area (TPSA) is 46.5 Å². The van der Waals surface area contributed by atoms with Gasteiger partial charge in [0, 0.05) is 6.42 Å². The monoisotopic (exact) mass is 332 g/mol. The fourth-order valence-corrected chi connectivity index (χ4v) is 3.96. The molecule has 0 aromatic heterocycles. The summed E-state index contributed by atoms with van der Waals surface area (Å²) in [5, 5.41) is 10.4. The summed E-state index contributed by atoms with van der Waals surface area (Å²) in [6, 6.07) is 9.23. The molecule has 1 aromatic rings. The predicted molar refractivity (Wildman–Crippen MR) is 96.8 cm³/mol. The summed E-state index contributed by atoms with van der Waals surface area (Å²) >= 11 is 0. The van der Waals surface area contributed by atoms with Gasteiger partial charge in [0.1, 0.15) is 5.75 Å². The van der Waals surface area contributed by atoms with Crippen LogP contribution in [0.2, 0.25) is 0 Å². The van der Waals surface area contributed by atoms with Crippen LogP contribution in [0.4, 0.5) is 0 Å². The van der Waals surface area contributed by atoms with Crippen molar-refractivity contribution in [2.24, 2.45) is 17.3 Å². The summed E-state index contributed by atoms with van der Waals surface area (Å²) in [5.74, 6) is 1.45. The lowest BCUT2D eigenvalue weighted by Gasteiger charge is -2.42. The number of hydrogen-bond donors (Lipinski definition) is 1. The summed E-state index contributed by atoms with van der Waals surface area (Å²) in [5.41, 5.74) is 0.216. The maximum atomic E-state index is 11.9. The molecule has 3 heteroatoms. The highest BCUT2D eigenvalue weighted by Gasteiger charge is 2.37. The molecule has 0 amide bonds. The SMILES string of the molecule is CC(C)[C@@H]1CC[C@@](C)(CCCCC(=O)Oc2ccccc2)C[C@H]1O. The maximum Gasteiger partial charge on any atom is 0.311 e. The van der Waals surface area contributed by atoms with E-state index in [9.17, 15) is 9.90 Å². The third-order valence-electron chi connectivity index (χ3n) is 5.52. The molecule has 24 heavy (non-hydrogen) atoms. The Kier molecular flexibility index (Phi) is 6.85. The number of para-hydroxylation sites is 1. The first-order valence-electron chi connectivity index (χ1n) is 9.33. The average Bonchev–Trinajstić information content (AvgIpc) is 2.52. The molecule has 2 rings (SSSR count). The van der Waals surface area contributed by atoms with E-state index >= 15 is 0 Å². The normalized spacial score (nSPS) is 27.2. The van der Waals surface area contributed by atoms with Gasteiger partial charge in [-0.2, -0.15) is 0 Å². The van der Waals surface area contributed by atoms with E-state index in [2.05, 4.69) is 20.8 Å². The van der Waals surface area contributed by atoms with Crippen LogP contribution in [-0.2, 0) is 4.79 Å². The van der Waals surface area contributed by atoms with E-state index in [1.54, 1.807) is 12.1 Å². The Bertz CT molecular complexity index is 511. The number of rotatable bonds is 7. The van der Waals surface area contributed by atoms with E-state index in [0.717, 1.165) is 32.1 Å². The third-order valence-corrected chi connectivity index (χ3v) is 5.52. The lowest BCUT2D eigenvalue weighted by atomic mass is 9.65. The number of unbranched alkanes of at least 4 members (excludes halogenated alkanes) is 1. The quantitative estimate of drug-likeness (QED) is 0.435. The van der Waals surface area contributed by atoms with Gasteiger partial charge in [0.2, 0.25) is 0 Å². The molecule has 1 saturated carbocycles. The standard InChI is InChI=1S/C21H32O3/c1-16(2)18-12-14-21(3,15-19(18)22)13-8-7-11-20(23)24-17-9-5-4-6-10-17/h4-6,9-10,16,18-19,22H,7-8,11-15H2,1-3H3/t18-,19+,21+/m0/s1. The van der Waals surface area contributed by atoms with E-state index in [-0.39, 0.29) is 17.5 Å². The van der Waals surface area contributed by atoms with Gasteiger partial charge < -0.3 is 9.84 Å². The van der Waals surface area contributed by atoms with E-state index in [0.29, 0.717) is 24.0 Å². The molecule has 0 aliphatic heterocycles. The summed E-state index contributed by atoms with van der Waals surface area (Å²) in [6.45, 7) is 6.69. The highest BCUT2D eigenvalue weighted by Crippen LogP contribution is 2.44. The molecule has 0 radical (unpaired) electrons. The number of esters is 1. The first kappa shape index (κ1) is 19.0. The van der Waals surface area contributed by atoms with Gasteiger partial charge in [-0.15, -0.1) is 0 Å². The zero-order chi connectivity index (χ0) is 17.6. The minimum atomic E-state index is -0.174. The largest absolute Gasteiger partial charge is 0.427 e. The van der Waals surface area contributed by atoms with Crippen molar-refractivity contribution in [2.75, 3.05) is 0 Å². The summed E-state index contributed by atoms with van der Waals surface area (Å²) in [4.78, 5) is 11.9. The fraction of sp³-hybridized carbons (Fsp3) is 0.667. The minimum absolute atomic E-state index is 0.157. The Morgan fingerprint density at radius 3 is 2.62 bits per heavy atom. The van der Waals surface area contributed by atoms with Gasteiger partial charge in [-0.3, -0.25) is 4.79 Å². The summed E-state index contributed by atoms with van der Waals surface area (Å²) in [7, 11) is 0. The van der Waals surface area contributed by atoms with Gasteiger partial charge in [-0.1, -0.05) is 45.4 Å². The molecule has 0 saturated heterocycles. The van der Waals surface area contributed by atoms with Gasteiger partial charge in [-0.25, -0.2) is 0 Å². The molecule has 3 nitrogen and oxygen atoms in total.